The number of nitrogens with two attached hydrogens (primary N) is 1. The zero-order valence-corrected chi connectivity index (χ0v) is 10.9. The van der Waals surface area contributed by atoms with Gasteiger partial charge in [0.1, 0.15) is 5.82 Å². The first-order chi connectivity index (χ1) is 8.58. The molecule has 0 bridgehead atoms. The Labute approximate surface area is 107 Å². The molecule has 5 nitrogen and oxygen atoms in total. The number of hydrogen-bond donors (Lipinski definition) is 3. The van der Waals surface area contributed by atoms with Crippen LogP contribution in [0.5, 0.6) is 0 Å². The largest absolute Gasteiger partial charge is 0.384 e. The number of pyridine rings is 1. The van der Waals surface area contributed by atoms with Gasteiger partial charge < -0.3 is 16.4 Å². The van der Waals surface area contributed by atoms with Crippen LogP contribution in [0.15, 0.2) is 30.0 Å². The molecule has 0 radical (unpaired) electrons. The molecule has 0 aliphatic carbocycles. The van der Waals surface area contributed by atoms with Gasteiger partial charge in [0.2, 0.25) is 5.91 Å². The number of rotatable bonds is 6. The van der Waals surface area contributed by atoms with E-state index in [4.69, 9.17) is 5.73 Å². The molecule has 1 aromatic rings. The molecule has 4 N–H and O–H groups in total. The van der Waals surface area contributed by atoms with Gasteiger partial charge in [-0.05, 0) is 32.4 Å². The minimum absolute atomic E-state index is 0.0378. The quantitative estimate of drug-likeness (QED) is 0.527. The molecule has 98 valence electrons. The van der Waals surface area contributed by atoms with Gasteiger partial charge in [0, 0.05) is 19.2 Å². The average Bonchev–Trinajstić information content (AvgIpc) is 2.30. The molecule has 0 spiro atoms. The van der Waals surface area contributed by atoms with Crippen molar-refractivity contribution in [3.05, 3.63) is 30.0 Å². The summed E-state index contributed by atoms with van der Waals surface area (Å²) in [6.07, 6.45) is 4.14. The fourth-order valence-electron chi connectivity index (χ4n) is 1.36. The fourth-order valence-corrected chi connectivity index (χ4v) is 1.36. The minimum Gasteiger partial charge on any atom is -0.384 e. The summed E-state index contributed by atoms with van der Waals surface area (Å²) in [7, 11) is 0. The Morgan fingerprint density at radius 2 is 2.17 bits per heavy atom. The van der Waals surface area contributed by atoms with Gasteiger partial charge in [0.05, 0.1) is 11.9 Å². The van der Waals surface area contributed by atoms with Crippen molar-refractivity contribution in [3.63, 3.8) is 0 Å². The maximum atomic E-state index is 11.3. The number of allylic oxidation sites excluding steroid dienone is 1. The first-order valence-corrected chi connectivity index (χ1v) is 5.96. The van der Waals surface area contributed by atoms with Gasteiger partial charge in [-0.25, -0.2) is 4.98 Å². The predicted molar refractivity (Wildman–Crippen MR) is 74.2 cm³/mol. The van der Waals surface area contributed by atoms with E-state index in [1.807, 2.05) is 19.9 Å². The molecule has 1 amide bonds. The molecule has 0 fully saturated rings. The third kappa shape index (κ3) is 5.89. The highest BCUT2D eigenvalue weighted by Gasteiger charge is 1.96. The Bertz CT molecular complexity index is 408. The average molecular weight is 248 g/mol. The molecule has 0 aromatic carbocycles. The van der Waals surface area contributed by atoms with Crippen LogP contribution in [0.3, 0.4) is 0 Å². The van der Waals surface area contributed by atoms with Crippen molar-refractivity contribution in [2.75, 3.05) is 24.1 Å². The topological polar surface area (TPSA) is 80.0 Å². The standard InChI is InChI=1S/C13H20N4O/c1-10(2)8-13(18)16-7-3-6-15-11-4-5-12(14)17-9-11/h4-5,8-9,15H,3,6-7H2,1-2H3,(H2,14,17)(H,16,18). The minimum atomic E-state index is -0.0378. The smallest absolute Gasteiger partial charge is 0.243 e. The highest BCUT2D eigenvalue weighted by molar-refractivity contribution is 5.87. The monoisotopic (exact) mass is 248 g/mol. The molecular weight excluding hydrogens is 228 g/mol. The Hall–Kier alpha value is -2.04. The molecule has 1 aromatic heterocycles. The SMILES string of the molecule is CC(C)=CC(=O)NCCCNc1ccc(N)nc1. The van der Waals surface area contributed by atoms with Crippen molar-refractivity contribution in [1.82, 2.24) is 10.3 Å². The second kappa shape index (κ2) is 7.32. The van der Waals surface area contributed by atoms with E-state index in [1.165, 1.54) is 0 Å². The van der Waals surface area contributed by atoms with Crippen LogP contribution >= 0.6 is 0 Å². The van der Waals surface area contributed by atoms with Gasteiger partial charge in [-0.1, -0.05) is 5.57 Å². The van der Waals surface area contributed by atoms with Gasteiger partial charge in [0.15, 0.2) is 0 Å². The molecule has 0 unspecified atom stereocenters. The normalized spacial score (nSPS) is 9.67. The number of aromatic nitrogens is 1. The van der Waals surface area contributed by atoms with Gasteiger partial charge in [-0.15, -0.1) is 0 Å². The molecule has 1 rings (SSSR count). The van der Waals surface area contributed by atoms with Crippen molar-refractivity contribution < 1.29 is 4.79 Å². The summed E-state index contributed by atoms with van der Waals surface area (Å²) in [5, 5.41) is 6.02. The fraction of sp³-hybridized carbons (Fsp3) is 0.385. The van der Waals surface area contributed by atoms with E-state index in [0.29, 0.717) is 12.4 Å². The van der Waals surface area contributed by atoms with E-state index in [-0.39, 0.29) is 5.91 Å². The summed E-state index contributed by atoms with van der Waals surface area (Å²) in [5.41, 5.74) is 7.41. The van der Waals surface area contributed by atoms with Gasteiger partial charge in [0.25, 0.3) is 0 Å². The number of hydrogen-bond acceptors (Lipinski definition) is 4. The van der Waals surface area contributed by atoms with E-state index in [9.17, 15) is 4.79 Å². The molecule has 5 heteroatoms. The summed E-state index contributed by atoms with van der Waals surface area (Å²) in [5.74, 6) is 0.471. The first kappa shape index (κ1) is 14.0. The molecule has 0 atom stereocenters. The summed E-state index contributed by atoms with van der Waals surface area (Å²) in [4.78, 5) is 15.3. The van der Waals surface area contributed by atoms with E-state index in [1.54, 1.807) is 18.3 Å². The molecule has 0 saturated carbocycles. The Morgan fingerprint density at radius 1 is 1.39 bits per heavy atom. The van der Waals surface area contributed by atoms with Crippen molar-refractivity contribution in [2.45, 2.75) is 20.3 Å². The number of carbonyl (C=O) groups excluding carboxylic acids is 1. The first-order valence-electron chi connectivity index (χ1n) is 5.96. The zero-order chi connectivity index (χ0) is 13.4. The molecular formula is C13H20N4O. The number of anilines is 2. The van der Waals surface area contributed by atoms with Crippen LogP contribution in [0, 0.1) is 0 Å². The Kier molecular flexibility index (Phi) is 5.70. The maximum absolute atomic E-state index is 11.3. The lowest BCUT2D eigenvalue weighted by Crippen LogP contribution is -2.24. The van der Waals surface area contributed by atoms with E-state index >= 15 is 0 Å². The summed E-state index contributed by atoms with van der Waals surface area (Å²) < 4.78 is 0. The lowest BCUT2D eigenvalue weighted by Gasteiger charge is -2.06. The predicted octanol–water partition coefficient (Wildman–Crippen LogP) is 1.55. The molecule has 0 aliphatic rings. The third-order valence-electron chi connectivity index (χ3n) is 2.19. The van der Waals surface area contributed by atoms with Crippen LogP contribution in [0.1, 0.15) is 20.3 Å². The summed E-state index contributed by atoms with van der Waals surface area (Å²) in [6, 6.07) is 3.63. The van der Waals surface area contributed by atoms with Crippen LogP contribution in [-0.4, -0.2) is 24.0 Å². The van der Waals surface area contributed by atoms with Gasteiger partial charge in [-0.3, -0.25) is 4.79 Å². The number of carbonyl (C=O) groups is 1. The maximum Gasteiger partial charge on any atom is 0.243 e. The van der Waals surface area contributed by atoms with Gasteiger partial charge in [-0.2, -0.15) is 0 Å². The lowest BCUT2D eigenvalue weighted by atomic mass is 10.3. The number of nitrogens with zero attached hydrogens (tertiary/aromatic N) is 1. The molecule has 18 heavy (non-hydrogen) atoms. The Balaban J connectivity index is 2.14. The second-order valence-electron chi connectivity index (χ2n) is 4.26. The number of amides is 1. The van der Waals surface area contributed by atoms with Crippen molar-refractivity contribution in [2.24, 2.45) is 0 Å². The van der Waals surface area contributed by atoms with E-state index < -0.39 is 0 Å². The van der Waals surface area contributed by atoms with Crippen LogP contribution in [-0.2, 0) is 4.79 Å². The van der Waals surface area contributed by atoms with Crippen LogP contribution in [0.4, 0.5) is 11.5 Å². The van der Waals surface area contributed by atoms with Crippen molar-refractivity contribution in [3.8, 4) is 0 Å². The lowest BCUT2D eigenvalue weighted by molar-refractivity contribution is -0.116. The second-order valence-corrected chi connectivity index (χ2v) is 4.26. The summed E-state index contributed by atoms with van der Waals surface area (Å²) in [6.45, 7) is 5.23. The molecule has 0 aliphatic heterocycles. The Morgan fingerprint density at radius 3 is 2.78 bits per heavy atom. The number of nitrogens with one attached hydrogen (secondary N) is 2. The highest BCUT2D eigenvalue weighted by atomic mass is 16.1. The third-order valence-corrected chi connectivity index (χ3v) is 2.19. The van der Waals surface area contributed by atoms with Crippen molar-refractivity contribution in [1.29, 1.82) is 0 Å². The number of nitrogen functional groups attached to an aromatic ring is 1. The highest BCUT2D eigenvalue weighted by Crippen LogP contribution is 2.06. The van der Waals surface area contributed by atoms with Crippen LogP contribution in [0.25, 0.3) is 0 Å². The summed E-state index contributed by atoms with van der Waals surface area (Å²) >= 11 is 0. The van der Waals surface area contributed by atoms with Crippen LogP contribution in [0.2, 0.25) is 0 Å². The van der Waals surface area contributed by atoms with E-state index in [2.05, 4.69) is 15.6 Å². The van der Waals surface area contributed by atoms with Gasteiger partial charge >= 0.3 is 0 Å². The van der Waals surface area contributed by atoms with E-state index in [0.717, 1.165) is 24.2 Å². The van der Waals surface area contributed by atoms with Crippen LogP contribution < -0.4 is 16.4 Å². The molecule has 1 heterocycles. The zero-order valence-electron chi connectivity index (χ0n) is 10.9. The molecule has 0 saturated heterocycles. The van der Waals surface area contributed by atoms with Crippen molar-refractivity contribution >= 4 is 17.4 Å².